The molecule has 104 valence electrons. The van der Waals surface area contributed by atoms with Crippen LogP contribution in [0.5, 0.6) is 5.75 Å². The van der Waals surface area contributed by atoms with Crippen molar-refractivity contribution in [2.24, 2.45) is 5.73 Å². The number of carboxylic acid groups (broad SMARTS) is 1. The Kier molecular flexibility index (Phi) is 5.81. The van der Waals surface area contributed by atoms with Gasteiger partial charge in [-0.15, -0.1) is 0 Å². The molecule has 1 atom stereocenters. The molecule has 6 heteroatoms. The molecule has 0 aliphatic carbocycles. The van der Waals surface area contributed by atoms with Crippen LogP contribution in [0.4, 0.5) is 0 Å². The van der Waals surface area contributed by atoms with Crippen molar-refractivity contribution in [3.8, 4) is 5.75 Å². The highest BCUT2D eigenvalue weighted by molar-refractivity contribution is 5.85. The Morgan fingerprint density at radius 3 is 2.53 bits per heavy atom. The van der Waals surface area contributed by atoms with Crippen molar-refractivity contribution >= 4 is 11.9 Å². The maximum atomic E-state index is 11.5. The minimum atomic E-state index is -1.09. The van der Waals surface area contributed by atoms with E-state index in [0.29, 0.717) is 13.2 Å². The number of carbonyl (C=O) groups excluding carboxylic acids is 1. The summed E-state index contributed by atoms with van der Waals surface area (Å²) in [6.07, 6.45) is -0.380. The Labute approximate surface area is 111 Å². The average Bonchev–Trinajstić information content (AvgIpc) is 2.37. The molecule has 0 radical (unpaired) electrons. The van der Waals surface area contributed by atoms with E-state index >= 15 is 0 Å². The summed E-state index contributed by atoms with van der Waals surface area (Å²) in [5.41, 5.74) is 6.32. The highest BCUT2D eigenvalue weighted by Crippen LogP contribution is 2.11. The van der Waals surface area contributed by atoms with Crippen molar-refractivity contribution in [2.45, 2.75) is 25.9 Å². The third-order valence-electron chi connectivity index (χ3n) is 2.43. The van der Waals surface area contributed by atoms with Crippen LogP contribution in [0.15, 0.2) is 24.3 Å². The highest BCUT2D eigenvalue weighted by Gasteiger charge is 2.16. The van der Waals surface area contributed by atoms with Gasteiger partial charge in [-0.2, -0.15) is 0 Å². The van der Waals surface area contributed by atoms with Crippen molar-refractivity contribution in [1.82, 2.24) is 5.32 Å². The van der Waals surface area contributed by atoms with Gasteiger partial charge in [0, 0.05) is 6.54 Å². The summed E-state index contributed by atoms with van der Waals surface area (Å²) in [7, 11) is 0. The minimum Gasteiger partial charge on any atom is -0.494 e. The summed E-state index contributed by atoms with van der Waals surface area (Å²) in [6, 6.07) is 6.24. The first kappa shape index (κ1) is 15.0. The first-order valence-electron chi connectivity index (χ1n) is 5.99. The molecule has 0 heterocycles. The maximum absolute atomic E-state index is 11.5. The van der Waals surface area contributed by atoms with Crippen LogP contribution in [-0.4, -0.2) is 29.6 Å². The summed E-state index contributed by atoms with van der Waals surface area (Å²) in [6.45, 7) is 2.80. The molecule has 6 nitrogen and oxygen atoms in total. The van der Waals surface area contributed by atoms with Gasteiger partial charge in [0.1, 0.15) is 5.75 Å². The lowest BCUT2D eigenvalue weighted by molar-refractivity contribution is -0.139. The van der Waals surface area contributed by atoms with E-state index in [1.807, 2.05) is 31.2 Å². The van der Waals surface area contributed by atoms with Gasteiger partial charge < -0.3 is 20.9 Å². The zero-order valence-corrected chi connectivity index (χ0v) is 10.8. The number of carboxylic acids is 1. The molecule has 1 rings (SSSR count). The van der Waals surface area contributed by atoms with Gasteiger partial charge in [0.05, 0.1) is 19.1 Å². The van der Waals surface area contributed by atoms with Gasteiger partial charge >= 0.3 is 5.97 Å². The van der Waals surface area contributed by atoms with Gasteiger partial charge in [0.2, 0.25) is 5.91 Å². The normalized spacial score (nSPS) is 11.7. The van der Waals surface area contributed by atoms with E-state index in [1.165, 1.54) is 0 Å². The monoisotopic (exact) mass is 266 g/mol. The lowest BCUT2D eigenvalue weighted by atomic mass is 10.2. The number of aliphatic carboxylic acids is 1. The van der Waals surface area contributed by atoms with Crippen LogP contribution in [0.2, 0.25) is 0 Å². The maximum Gasteiger partial charge on any atom is 0.305 e. The highest BCUT2D eigenvalue weighted by atomic mass is 16.5. The van der Waals surface area contributed by atoms with Crippen LogP contribution in [-0.2, 0) is 16.1 Å². The summed E-state index contributed by atoms with van der Waals surface area (Å²) in [5.74, 6) is -0.805. The number of nitrogens with two attached hydrogens (primary N) is 1. The molecule has 0 saturated carbocycles. The van der Waals surface area contributed by atoms with E-state index < -0.39 is 17.9 Å². The van der Waals surface area contributed by atoms with E-state index in [9.17, 15) is 9.59 Å². The zero-order chi connectivity index (χ0) is 14.3. The fourth-order valence-electron chi connectivity index (χ4n) is 1.47. The molecule has 0 aliphatic rings. The molecule has 0 saturated heterocycles. The lowest BCUT2D eigenvalue weighted by Gasteiger charge is -2.10. The van der Waals surface area contributed by atoms with E-state index in [4.69, 9.17) is 15.6 Å². The van der Waals surface area contributed by atoms with E-state index in [1.54, 1.807) is 0 Å². The number of rotatable bonds is 7. The van der Waals surface area contributed by atoms with Gasteiger partial charge in [0.15, 0.2) is 0 Å². The van der Waals surface area contributed by atoms with Crippen molar-refractivity contribution in [3.63, 3.8) is 0 Å². The second-order valence-corrected chi connectivity index (χ2v) is 4.00. The smallest absolute Gasteiger partial charge is 0.305 e. The van der Waals surface area contributed by atoms with Gasteiger partial charge in [-0.1, -0.05) is 12.1 Å². The lowest BCUT2D eigenvalue weighted by Crippen LogP contribution is -2.41. The molecule has 0 aliphatic heterocycles. The standard InChI is InChI=1S/C13H18N2O4/c1-2-19-10-5-3-9(4-6-10)8-15-13(18)11(14)7-12(16)17/h3-6,11H,2,7-8,14H2,1H3,(H,15,18)(H,16,17). The third-order valence-corrected chi connectivity index (χ3v) is 2.43. The Balaban J connectivity index is 2.43. The number of ether oxygens (including phenoxy) is 1. The minimum absolute atomic E-state index is 0.304. The van der Waals surface area contributed by atoms with Crippen molar-refractivity contribution in [1.29, 1.82) is 0 Å². The largest absolute Gasteiger partial charge is 0.494 e. The molecule has 1 amide bonds. The summed E-state index contributed by atoms with van der Waals surface area (Å²) in [4.78, 5) is 21.9. The molecule has 4 N–H and O–H groups in total. The van der Waals surface area contributed by atoms with Crippen LogP contribution < -0.4 is 15.8 Å². The number of hydrogen-bond acceptors (Lipinski definition) is 4. The number of hydrogen-bond donors (Lipinski definition) is 3. The molecule has 19 heavy (non-hydrogen) atoms. The van der Waals surface area contributed by atoms with E-state index in [2.05, 4.69) is 5.32 Å². The second-order valence-electron chi connectivity index (χ2n) is 4.00. The first-order chi connectivity index (χ1) is 9.02. The summed E-state index contributed by atoms with van der Waals surface area (Å²) < 4.78 is 5.30. The Morgan fingerprint density at radius 2 is 2.00 bits per heavy atom. The number of benzene rings is 1. The summed E-state index contributed by atoms with van der Waals surface area (Å²) >= 11 is 0. The molecular weight excluding hydrogens is 248 g/mol. The predicted molar refractivity (Wildman–Crippen MR) is 69.7 cm³/mol. The molecule has 1 aromatic rings. The predicted octanol–water partition coefficient (Wildman–Crippen LogP) is 0.503. The third kappa shape index (κ3) is 5.39. The summed E-state index contributed by atoms with van der Waals surface area (Å²) in [5, 5.41) is 11.1. The molecule has 1 aromatic carbocycles. The van der Waals surface area contributed by atoms with Crippen LogP contribution in [0, 0.1) is 0 Å². The van der Waals surface area contributed by atoms with E-state index in [-0.39, 0.29) is 6.42 Å². The van der Waals surface area contributed by atoms with Crippen LogP contribution in [0.1, 0.15) is 18.9 Å². The molecular formula is C13H18N2O4. The molecule has 1 unspecified atom stereocenters. The average molecular weight is 266 g/mol. The SMILES string of the molecule is CCOc1ccc(CNC(=O)C(N)CC(=O)O)cc1. The molecule has 0 fully saturated rings. The molecule has 0 spiro atoms. The quantitative estimate of drug-likeness (QED) is 0.667. The second kappa shape index (κ2) is 7.38. The van der Waals surface area contributed by atoms with Gasteiger partial charge in [-0.25, -0.2) is 0 Å². The van der Waals surface area contributed by atoms with Gasteiger partial charge in [-0.3, -0.25) is 9.59 Å². The zero-order valence-electron chi connectivity index (χ0n) is 10.8. The fraction of sp³-hybridized carbons (Fsp3) is 0.385. The Hall–Kier alpha value is -2.08. The number of carbonyl (C=O) groups is 2. The fourth-order valence-corrected chi connectivity index (χ4v) is 1.47. The molecule has 0 aromatic heterocycles. The number of nitrogens with one attached hydrogen (secondary N) is 1. The van der Waals surface area contributed by atoms with Crippen molar-refractivity contribution in [3.05, 3.63) is 29.8 Å². The van der Waals surface area contributed by atoms with Gasteiger partial charge in [0.25, 0.3) is 0 Å². The van der Waals surface area contributed by atoms with Crippen molar-refractivity contribution in [2.75, 3.05) is 6.61 Å². The van der Waals surface area contributed by atoms with Gasteiger partial charge in [-0.05, 0) is 24.6 Å². The first-order valence-corrected chi connectivity index (χ1v) is 5.99. The van der Waals surface area contributed by atoms with E-state index in [0.717, 1.165) is 11.3 Å². The van der Waals surface area contributed by atoms with Crippen LogP contribution in [0.3, 0.4) is 0 Å². The van der Waals surface area contributed by atoms with Crippen LogP contribution >= 0.6 is 0 Å². The van der Waals surface area contributed by atoms with Crippen molar-refractivity contribution < 1.29 is 19.4 Å². The Bertz CT molecular complexity index is 431. The molecule has 0 bridgehead atoms. The Morgan fingerprint density at radius 1 is 1.37 bits per heavy atom. The van der Waals surface area contributed by atoms with Crippen LogP contribution in [0.25, 0.3) is 0 Å². The topological polar surface area (TPSA) is 102 Å². The number of amides is 1.